The van der Waals surface area contributed by atoms with Crippen LogP contribution in [0.4, 0.5) is 0 Å². The van der Waals surface area contributed by atoms with Crippen molar-refractivity contribution in [2.24, 2.45) is 4.99 Å². The smallest absolute Gasteiger partial charge is 0.223 e. The second kappa shape index (κ2) is 8.40. The fourth-order valence-corrected chi connectivity index (χ4v) is 3.74. The number of halogens is 1. The number of benzene rings is 3. The minimum Gasteiger partial charge on any atom is -0.394 e. The summed E-state index contributed by atoms with van der Waals surface area (Å²) < 4.78 is 2.12. The van der Waals surface area contributed by atoms with E-state index in [1.54, 1.807) is 0 Å². The predicted molar refractivity (Wildman–Crippen MR) is 112 cm³/mol. The van der Waals surface area contributed by atoms with Crippen LogP contribution in [0.1, 0.15) is 0 Å². The molecule has 0 saturated carbocycles. The van der Waals surface area contributed by atoms with Gasteiger partial charge in [0.2, 0.25) is 4.80 Å². The van der Waals surface area contributed by atoms with Crippen LogP contribution >= 0.6 is 28.5 Å². The minimum absolute atomic E-state index is 0. The monoisotopic (exact) mass is 427 g/mol. The number of rotatable bonds is 4. The van der Waals surface area contributed by atoms with Gasteiger partial charge >= 0.3 is 0 Å². The summed E-state index contributed by atoms with van der Waals surface area (Å²) in [5, 5.41) is 11.4. The molecule has 4 aromatic rings. The lowest BCUT2D eigenvalue weighted by atomic mass is 10.1. The number of fused-ring (bicyclic) bond motifs is 1. The second-order valence-corrected chi connectivity index (χ2v) is 6.49. The lowest BCUT2D eigenvalue weighted by Gasteiger charge is -2.09. The lowest BCUT2D eigenvalue weighted by molar-refractivity contribution is 0.305. The average Bonchev–Trinajstić information content (AvgIpc) is 3.10. The Morgan fingerprint density at radius 1 is 0.923 bits per heavy atom. The van der Waals surface area contributed by atoms with E-state index in [2.05, 4.69) is 39.3 Å². The highest BCUT2D eigenvalue weighted by Crippen LogP contribution is 2.27. The number of aliphatic hydroxyl groups excluding tert-OH is 1. The Labute approximate surface area is 166 Å². The maximum atomic E-state index is 9.06. The summed E-state index contributed by atoms with van der Waals surface area (Å²) >= 11 is 1.49. The summed E-state index contributed by atoms with van der Waals surface area (Å²) in [6.45, 7) is 0.381. The van der Waals surface area contributed by atoms with Gasteiger partial charge < -0.3 is 5.11 Å². The molecule has 1 N–H and O–H groups in total. The van der Waals surface area contributed by atoms with Crippen LogP contribution in [0.25, 0.3) is 27.8 Å². The molecule has 4 rings (SSSR count). The third kappa shape index (κ3) is 3.62. The van der Waals surface area contributed by atoms with E-state index >= 15 is 0 Å². The fraction of sp³-hybridized carbons (Fsp3) is 0.100. The fourth-order valence-electron chi connectivity index (χ4n) is 2.81. The van der Waals surface area contributed by atoms with Gasteiger partial charge in [-0.05, 0) is 23.0 Å². The van der Waals surface area contributed by atoms with Crippen molar-refractivity contribution in [2.45, 2.75) is 0 Å². The molecule has 1 heterocycles. The van der Waals surface area contributed by atoms with Gasteiger partial charge in [0.1, 0.15) is 0 Å². The molecule has 0 bridgehead atoms. The summed E-state index contributed by atoms with van der Waals surface area (Å²) in [4.78, 5) is 9.75. The highest BCUT2D eigenvalue weighted by molar-refractivity contribution is 8.93. The van der Waals surface area contributed by atoms with Crippen LogP contribution in [0.5, 0.6) is 0 Å². The van der Waals surface area contributed by atoms with Gasteiger partial charge in [-0.2, -0.15) is 4.98 Å². The number of nitrogens with zero attached hydrogens (tertiary/aromatic N) is 3. The van der Waals surface area contributed by atoms with E-state index in [4.69, 9.17) is 10.1 Å². The van der Waals surface area contributed by atoms with E-state index in [1.807, 2.05) is 42.5 Å². The molecule has 0 aliphatic rings. The Morgan fingerprint density at radius 3 is 2.46 bits per heavy atom. The molecule has 1 aromatic heterocycles. The molecule has 0 spiro atoms. The van der Waals surface area contributed by atoms with Gasteiger partial charge in [0.15, 0.2) is 5.82 Å². The van der Waals surface area contributed by atoms with Gasteiger partial charge in [-0.25, -0.2) is 3.96 Å². The highest BCUT2D eigenvalue weighted by atomic mass is 79.9. The highest BCUT2D eigenvalue weighted by Gasteiger charge is 2.12. The van der Waals surface area contributed by atoms with E-state index in [1.165, 1.54) is 22.3 Å². The summed E-state index contributed by atoms with van der Waals surface area (Å²) in [6.07, 6.45) is 0. The molecule has 132 valence electrons. The quantitative estimate of drug-likeness (QED) is 0.529. The molecule has 0 unspecified atom stereocenters. The summed E-state index contributed by atoms with van der Waals surface area (Å²) in [5.41, 5.74) is 2.12. The first-order chi connectivity index (χ1) is 12.4. The van der Waals surface area contributed by atoms with Crippen molar-refractivity contribution in [2.75, 3.05) is 13.2 Å². The largest absolute Gasteiger partial charge is 0.394 e. The molecule has 0 fully saturated rings. The minimum atomic E-state index is 0. The SMILES string of the molecule is Br.OCC/N=c1/nc(-c2ccccc2)n(-c2cccc3ccccc23)s1. The maximum absolute atomic E-state index is 9.06. The molecule has 0 saturated heterocycles. The number of hydrogen-bond donors (Lipinski definition) is 1. The average molecular weight is 428 g/mol. The molecule has 0 radical (unpaired) electrons. The summed E-state index contributed by atoms with van der Waals surface area (Å²) in [6, 6.07) is 24.7. The Kier molecular flexibility index (Phi) is 5.98. The van der Waals surface area contributed by atoms with Crippen molar-refractivity contribution in [3.8, 4) is 17.1 Å². The first kappa shape index (κ1) is 18.5. The molecule has 4 nitrogen and oxygen atoms in total. The molecule has 0 aliphatic heterocycles. The van der Waals surface area contributed by atoms with Crippen molar-refractivity contribution < 1.29 is 5.11 Å². The zero-order valence-corrected chi connectivity index (χ0v) is 16.5. The van der Waals surface area contributed by atoms with Gasteiger partial charge in [0, 0.05) is 10.9 Å². The molecule has 6 heteroatoms. The molecule has 3 aromatic carbocycles. The number of aliphatic hydroxyl groups is 1. The van der Waals surface area contributed by atoms with Gasteiger partial charge in [0.25, 0.3) is 0 Å². The third-order valence-electron chi connectivity index (χ3n) is 3.93. The van der Waals surface area contributed by atoms with Gasteiger partial charge in [-0.15, -0.1) is 17.0 Å². The normalized spacial score (nSPS) is 11.5. The van der Waals surface area contributed by atoms with Crippen LogP contribution < -0.4 is 4.80 Å². The van der Waals surface area contributed by atoms with Crippen molar-refractivity contribution in [3.05, 3.63) is 77.6 Å². The zero-order valence-electron chi connectivity index (χ0n) is 13.9. The zero-order chi connectivity index (χ0) is 17.1. The van der Waals surface area contributed by atoms with Gasteiger partial charge in [0.05, 0.1) is 18.8 Å². The molecule has 0 atom stereocenters. The van der Waals surface area contributed by atoms with Crippen LogP contribution in [-0.2, 0) is 0 Å². The number of hydrogen-bond acceptors (Lipinski definition) is 4. The predicted octanol–water partition coefficient (Wildman–Crippen LogP) is 4.22. The maximum Gasteiger partial charge on any atom is 0.223 e. The summed E-state index contributed by atoms with van der Waals surface area (Å²) in [7, 11) is 0. The Hall–Kier alpha value is -2.28. The van der Waals surface area contributed by atoms with Gasteiger partial charge in [-0.3, -0.25) is 4.99 Å². The summed E-state index contributed by atoms with van der Waals surface area (Å²) in [5.74, 6) is 0.860. The van der Waals surface area contributed by atoms with Crippen LogP contribution in [0.15, 0.2) is 77.8 Å². The Morgan fingerprint density at radius 2 is 1.65 bits per heavy atom. The van der Waals surface area contributed by atoms with E-state index in [0.717, 1.165) is 17.1 Å². The standard InChI is InChI=1S/C20H17N3OS.BrH/c24-14-13-21-20-22-19(16-8-2-1-3-9-16)23(25-20)18-12-6-10-15-7-4-5-11-17(15)18;/h1-12,24H,13-14H2;1H/b21-20-;. The Bertz CT molecular complexity index is 1070. The van der Waals surface area contributed by atoms with Crippen LogP contribution in [0, 0.1) is 0 Å². The van der Waals surface area contributed by atoms with E-state index < -0.39 is 0 Å². The van der Waals surface area contributed by atoms with Gasteiger partial charge in [-0.1, -0.05) is 66.7 Å². The first-order valence-corrected chi connectivity index (χ1v) is 8.89. The van der Waals surface area contributed by atoms with Crippen molar-refractivity contribution in [3.63, 3.8) is 0 Å². The molecule has 0 aliphatic carbocycles. The number of aromatic nitrogens is 2. The van der Waals surface area contributed by atoms with Crippen molar-refractivity contribution in [1.82, 2.24) is 8.94 Å². The molecule has 0 amide bonds. The lowest BCUT2D eigenvalue weighted by Crippen LogP contribution is -2.01. The van der Waals surface area contributed by atoms with Crippen LogP contribution in [-0.4, -0.2) is 27.2 Å². The van der Waals surface area contributed by atoms with Crippen LogP contribution in [0.2, 0.25) is 0 Å². The van der Waals surface area contributed by atoms with Crippen molar-refractivity contribution >= 4 is 39.3 Å². The van der Waals surface area contributed by atoms with E-state index in [0.29, 0.717) is 11.3 Å². The topological polar surface area (TPSA) is 50.4 Å². The first-order valence-electron chi connectivity index (χ1n) is 8.12. The van der Waals surface area contributed by atoms with E-state index in [-0.39, 0.29) is 23.6 Å². The molecular formula is C20H18BrN3OS. The van der Waals surface area contributed by atoms with Crippen LogP contribution in [0.3, 0.4) is 0 Å². The van der Waals surface area contributed by atoms with E-state index in [9.17, 15) is 0 Å². The second-order valence-electron chi connectivity index (χ2n) is 5.57. The molecule has 26 heavy (non-hydrogen) atoms. The molecular weight excluding hydrogens is 410 g/mol. The van der Waals surface area contributed by atoms with Crippen molar-refractivity contribution in [1.29, 1.82) is 0 Å². The third-order valence-corrected chi connectivity index (χ3v) is 4.87. The Balaban J connectivity index is 0.00000196.